The predicted molar refractivity (Wildman–Crippen MR) is 52.4 cm³/mol. The number of aromatic nitrogens is 2. The molecule has 4 heteroatoms. The lowest BCUT2D eigenvalue weighted by atomic mass is 10.4. The van der Waals surface area contributed by atoms with Gasteiger partial charge in [-0.1, -0.05) is 0 Å². The molecule has 0 N–H and O–H groups in total. The number of nitrogens with zero attached hydrogens (tertiary/aromatic N) is 2. The molecule has 0 aromatic carbocycles. The van der Waals surface area contributed by atoms with Crippen LogP contribution in [0.5, 0.6) is 0 Å². The van der Waals surface area contributed by atoms with Gasteiger partial charge in [0.25, 0.3) is 0 Å². The maximum Gasteiger partial charge on any atom is 0.151 e. The number of hydrogen-bond donors (Lipinski definition) is 0. The maximum atomic E-state index is 5.72. The minimum Gasteiger partial charge on any atom is -0.302 e. The van der Waals surface area contributed by atoms with Gasteiger partial charge in [-0.3, -0.25) is 0 Å². The molecule has 0 atom stereocenters. The van der Waals surface area contributed by atoms with E-state index in [0.717, 1.165) is 15.8 Å². The van der Waals surface area contributed by atoms with Crippen LogP contribution in [0.25, 0.3) is 5.65 Å². The standard InChI is InChI=1S/C8H6BrClN2/c9-7-2-1-3-12-6(4-10)5-11-8(7)12/h1-3,5H,4H2. The zero-order valence-electron chi connectivity index (χ0n) is 6.17. The fourth-order valence-electron chi connectivity index (χ4n) is 1.13. The summed E-state index contributed by atoms with van der Waals surface area (Å²) in [5, 5.41) is 0. The predicted octanol–water partition coefficient (Wildman–Crippen LogP) is 2.84. The molecule has 0 unspecified atom stereocenters. The summed E-state index contributed by atoms with van der Waals surface area (Å²) in [6.07, 6.45) is 3.73. The molecule has 0 aliphatic heterocycles. The second kappa shape index (κ2) is 3.07. The molecule has 0 aliphatic carbocycles. The Hall–Kier alpha value is -0.540. The van der Waals surface area contributed by atoms with E-state index < -0.39 is 0 Å². The largest absolute Gasteiger partial charge is 0.302 e. The molecule has 0 aliphatic rings. The molecule has 2 aromatic heterocycles. The summed E-state index contributed by atoms with van der Waals surface area (Å²) in [6, 6.07) is 3.91. The zero-order valence-corrected chi connectivity index (χ0v) is 8.51. The number of rotatable bonds is 1. The Labute approximate surface area is 83.3 Å². The van der Waals surface area contributed by atoms with E-state index in [1.165, 1.54) is 0 Å². The van der Waals surface area contributed by atoms with E-state index in [4.69, 9.17) is 11.6 Å². The van der Waals surface area contributed by atoms with Crippen LogP contribution < -0.4 is 0 Å². The van der Waals surface area contributed by atoms with Gasteiger partial charge >= 0.3 is 0 Å². The summed E-state index contributed by atoms with van der Waals surface area (Å²) in [5.41, 5.74) is 1.92. The molecule has 0 spiro atoms. The lowest BCUT2D eigenvalue weighted by molar-refractivity contribution is 1.09. The van der Waals surface area contributed by atoms with Gasteiger partial charge in [0.05, 0.1) is 22.2 Å². The van der Waals surface area contributed by atoms with Crippen LogP contribution in [0.4, 0.5) is 0 Å². The molecule has 2 nitrogen and oxygen atoms in total. The van der Waals surface area contributed by atoms with E-state index >= 15 is 0 Å². The molecule has 2 heterocycles. The number of hydrogen-bond acceptors (Lipinski definition) is 1. The fraction of sp³-hybridized carbons (Fsp3) is 0.125. The molecule has 0 fully saturated rings. The van der Waals surface area contributed by atoms with Gasteiger partial charge in [0.1, 0.15) is 0 Å². The van der Waals surface area contributed by atoms with Crippen molar-refractivity contribution in [2.24, 2.45) is 0 Å². The topological polar surface area (TPSA) is 17.3 Å². The van der Waals surface area contributed by atoms with Gasteiger partial charge in [0.15, 0.2) is 5.65 Å². The first-order chi connectivity index (χ1) is 5.83. The third-order valence-corrected chi connectivity index (χ3v) is 2.59. The van der Waals surface area contributed by atoms with Gasteiger partial charge in [0, 0.05) is 6.20 Å². The van der Waals surface area contributed by atoms with E-state index in [0.29, 0.717) is 5.88 Å². The van der Waals surface area contributed by atoms with Gasteiger partial charge in [-0.25, -0.2) is 4.98 Å². The first-order valence-electron chi connectivity index (χ1n) is 3.49. The van der Waals surface area contributed by atoms with Crippen LogP contribution in [0.1, 0.15) is 5.69 Å². The number of alkyl halides is 1. The summed E-state index contributed by atoms with van der Waals surface area (Å²) in [5.74, 6) is 0.484. The van der Waals surface area contributed by atoms with Gasteiger partial charge in [-0.2, -0.15) is 0 Å². The van der Waals surface area contributed by atoms with Gasteiger partial charge < -0.3 is 4.40 Å². The van der Waals surface area contributed by atoms with Crippen LogP contribution in [0.15, 0.2) is 29.0 Å². The molecular weight excluding hydrogens is 239 g/mol. The van der Waals surface area contributed by atoms with E-state index in [9.17, 15) is 0 Å². The molecule has 0 amide bonds. The highest BCUT2D eigenvalue weighted by molar-refractivity contribution is 9.10. The minimum atomic E-state index is 0.484. The highest BCUT2D eigenvalue weighted by Gasteiger charge is 2.03. The summed E-state index contributed by atoms with van der Waals surface area (Å²) in [4.78, 5) is 4.22. The molecule has 2 rings (SSSR count). The Morgan fingerprint density at radius 1 is 1.58 bits per heavy atom. The average molecular weight is 246 g/mol. The van der Waals surface area contributed by atoms with Crippen molar-refractivity contribution in [2.45, 2.75) is 5.88 Å². The van der Waals surface area contributed by atoms with Crippen LogP contribution >= 0.6 is 27.5 Å². The van der Waals surface area contributed by atoms with Crippen LogP contribution in [-0.4, -0.2) is 9.38 Å². The van der Waals surface area contributed by atoms with E-state index in [2.05, 4.69) is 20.9 Å². The van der Waals surface area contributed by atoms with Crippen molar-refractivity contribution < 1.29 is 0 Å². The zero-order chi connectivity index (χ0) is 8.55. The highest BCUT2D eigenvalue weighted by atomic mass is 79.9. The van der Waals surface area contributed by atoms with Crippen molar-refractivity contribution in [2.75, 3.05) is 0 Å². The molecule has 0 saturated carbocycles. The molecule has 0 radical (unpaired) electrons. The number of fused-ring (bicyclic) bond motifs is 1. The average Bonchev–Trinajstić information content (AvgIpc) is 2.49. The summed E-state index contributed by atoms with van der Waals surface area (Å²) >= 11 is 9.14. The highest BCUT2D eigenvalue weighted by Crippen LogP contribution is 2.18. The normalized spacial score (nSPS) is 10.8. The number of halogens is 2. The van der Waals surface area contributed by atoms with Crippen LogP contribution in [0.3, 0.4) is 0 Å². The Balaban J connectivity index is 2.80. The Morgan fingerprint density at radius 2 is 2.42 bits per heavy atom. The first-order valence-corrected chi connectivity index (χ1v) is 4.82. The smallest absolute Gasteiger partial charge is 0.151 e. The molecule has 0 saturated heterocycles. The third kappa shape index (κ3) is 1.13. The lowest BCUT2D eigenvalue weighted by Gasteiger charge is -1.97. The van der Waals surface area contributed by atoms with Gasteiger partial charge in [0.2, 0.25) is 0 Å². The van der Waals surface area contributed by atoms with Crippen LogP contribution in [-0.2, 0) is 5.88 Å². The second-order valence-corrected chi connectivity index (χ2v) is 3.55. The molecule has 0 bridgehead atoms. The quantitative estimate of drug-likeness (QED) is 0.706. The molecule has 2 aromatic rings. The van der Waals surface area contributed by atoms with Crippen LogP contribution in [0.2, 0.25) is 0 Å². The Bertz CT molecular complexity index is 410. The van der Waals surface area contributed by atoms with Crippen molar-refractivity contribution in [3.05, 3.63) is 34.7 Å². The number of imidazole rings is 1. The van der Waals surface area contributed by atoms with Crippen molar-refractivity contribution in [3.63, 3.8) is 0 Å². The van der Waals surface area contributed by atoms with Crippen LogP contribution in [0, 0.1) is 0 Å². The third-order valence-electron chi connectivity index (χ3n) is 1.70. The summed E-state index contributed by atoms with van der Waals surface area (Å²) in [7, 11) is 0. The fourth-order valence-corrected chi connectivity index (χ4v) is 1.77. The summed E-state index contributed by atoms with van der Waals surface area (Å²) < 4.78 is 2.96. The van der Waals surface area contributed by atoms with E-state index in [1.807, 2.05) is 22.7 Å². The molecular formula is C8H6BrClN2. The van der Waals surface area contributed by atoms with Crippen molar-refractivity contribution in [1.82, 2.24) is 9.38 Å². The van der Waals surface area contributed by atoms with Crippen molar-refractivity contribution in [1.29, 1.82) is 0 Å². The van der Waals surface area contributed by atoms with E-state index in [1.54, 1.807) is 6.20 Å². The molecule has 62 valence electrons. The summed E-state index contributed by atoms with van der Waals surface area (Å²) in [6.45, 7) is 0. The van der Waals surface area contributed by atoms with Crippen molar-refractivity contribution in [3.8, 4) is 0 Å². The maximum absolute atomic E-state index is 5.72. The van der Waals surface area contributed by atoms with Gasteiger partial charge in [-0.15, -0.1) is 11.6 Å². The SMILES string of the molecule is ClCc1cnc2c(Br)cccn12. The van der Waals surface area contributed by atoms with Crippen molar-refractivity contribution >= 4 is 33.2 Å². The first kappa shape index (κ1) is 8.08. The Morgan fingerprint density at radius 3 is 3.17 bits per heavy atom. The second-order valence-electron chi connectivity index (χ2n) is 2.43. The number of pyridine rings is 1. The minimum absolute atomic E-state index is 0.484. The van der Waals surface area contributed by atoms with Gasteiger partial charge in [-0.05, 0) is 28.1 Å². The molecule has 12 heavy (non-hydrogen) atoms. The Kier molecular flexibility index (Phi) is 2.07. The lowest BCUT2D eigenvalue weighted by Crippen LogP contribution is -1.88. The van der Waals surface area contributed by atoms with E-state index in [-0.39, 0.29) is 0 Å². The monoisotopic (exact) mass is 244 g/mol.